The van der Waals surface area contributed by atoms with Crippen molar-refractivity contribution in [3.8, 4) is 0 Å². The Balaban J connectivity index is 1.69. The largest absolute Gasteiger partial charge is 0.444 e. The van der Waals surface area contributed by atoms with Crippen LogP contribution in [0.3, 0.4) is 0 Å². The Hall–Kier alpha value is -4.02. The van der Waals surface area contributed by atoms with Gasteiger partial charge in [-0.05, 0) is 64.4 Å². The second-order valence-corrected chi connectivity index (χ2v) is 11.0. The van der Waals surface area contributed by atoms with Crippen molar-refractivity contribution in [3.63, 3.8) is 0 Å². The molecule has 0 bridgehead atoms. The van der Waals surface area contributed by atoms with Crippen LogP contribution in [0.4, 0.5) is 23.7 Å². The third-order valence-corrected chi connectivity index (χ3v) is 6.34. The van der Waals surface area contributed by atoms with E-state index in [0.717, 1.165) is 12.1 Å². The Bertz CT molecular complexity index is 1440. The van der Waals surface area contributed by atoms with Crippen molar-refractivity contribution in [1.29, 1.82) is 0 Å². The van der Waals surface area contributed by atoms with Crippen LogP contribution in [0.1, 0.15) is 57.0 Å². The van der Waals surface area contributed by atoms with Gasteiger partial charge in [-0.15, -0.1) is 0 Å². The molecule has 3 heterocycles. The van der Waals surface area contributed by atoms with Gasteiger partial charge in [-0.3, -0.25) is 9.20 Å². The lowest BCUT2D eigenvalue weighted by Gasteiger charge is -2.31. The van der Waals surface area contributed by atoms with Crippen molar-refractivity contribution >= 4 is 28.9 Å². The summed E-state index contributed by atoms with van der Waals surface area (Å²) in [5.41, 5.74) is -0.747. The number of amides is 2. The van der Waals surface area contributed by atoms with Crippen molar-refractivity contribution in [2.45, 2.75) is 58.5 Å². The van der Waals surface area contributed by atoms with E-state index in [1.54, 1.807) is 57.3 Å². The minimum Gasteiger partial charge on any atom is -0.444 e. The first-order valence-electron chi connectivity index (χ1n) is 12.5. The molecule has 0 saturated heterocycles. The van der Waals surface area contributed by atoms with Crippen LogP contribution < -0.4 is 10.6 Å². The first-order valence-corrected chi connectivity index (χ1v) is 12.5. The molecule has 0 spiro atoms. The predicted octanol–water partition coefficient (Wildman–Crippen LogP) is 5.58. The highest BCUT2D eigenvalue weighted by Gasteiger charge is 2.37. The van der Waals surface area contributed by atoms with Gasteiger partial charge in [-0.1, -0.05) is 12.6 Å². The van der Waals surface area contributed by atoms with E-state index in [1.807, 2.05) is 6.07 Å². The average molecular weight is 544 g/mol. The van der Waals surface area contributed by atoms with E-state index in [0.29, 0.717) is 17.0 Å². The molecular weight excluding hydrogens is 511 g/mol. The highest BCUT2D eigenvalue weighted by Crippen LogP contribution is 2.39. The Morgan fingerprint density at radius 1 is 1.13 bits per heavy atom. The van der Waals surface area contributed by atoms with Gasteiger partial charge in [0.05, 0.1) is 35.1 Å². The highest BCUT2D eigenvalue weighted by atomic mass is 19.4. The molecule has 208 valence electrons. The molecule has 2 aromatic heterocycles. The lowest BCUT2D eigenvalue weighted by atomic mass is 9.88. The minimum absolute atomic E-state index is 0.0906. The van der Waals surface area contributed by atoms with Gasteiger partial charge in [0, 0.05) is 30.5 Å². The van der Waals surface area contributed by atoms with Crippen molar-refractivity contribution in [1.82, 2.24) is 19.6 Å². The number of rotatable bonds is 4. The molecule has 11 heteroatoms. The first-order chi connectivity index (χ1) is 18.1. The lowest BCUT2D eigenvalue weighted by Crippen LogP contribution is -2.42. The normalized spacial score (nSPS) is 14.3. The van der Waals surface area contributed by atoms with Crippen molar-refractivity contribution in [2.75, 3.05) is 18.4 Å². The van der Waals surface area contributed by atoms with Gasteiger partial charge in [0.25, 0.3) is 5.91 Å². The fourth-order valence-electron chi connectivity index (χ4n) is 4.47. The zero-order chi connectivity index (χ0) is 28.8. The van der Waals surface area contributed by atoms with Crippen molar-refractivity contribution in [2.24, 2.45) is 0 Å². The van der Waals surface area contributed by atoms with Crippen molar-refractivity contribution < 1.29 is 27.5 Å². The molecule has 0 fully saturated rings. The van der Waals surface area contributed by atoms with Gasteiger partial charge < -0.3 is 20.3 Å². The van der Waals surface area contributed by atoms with E-state index in [1.165, 1.54) is 11.1 Å². The maximum Gasteiger partial charge on any atom is 0.416 e. The number of carbonyl (C=O) groups is 2. The molecule has 0 unspecified atom stereocenters. The van der Waals surface area contributed by atoms with Crippen molar-refractivity contribution in [3.05, 3.63) is 71.7 Å². The Morgan fingerprint density at radius 2 is 1.85 bits per heavy atom. The SMILES string of the molecule is C=C(C(=O)NC(C)(C)c1cc(C(F)(F)F)cc2c1NCCN(C(=O)OC(C)(C)C)C2)c1cnc2ccccn12. The van der Waals surface area contributed by atoms with Crippen LogP contribution >= 0.6 is 0 Å². The molecule has 0 saturated carbocycles. The van der Waals surface area contributed by atoms with E-state index < -0.39 is 34.9 Å². The summed E-state index contributed by atoms with van der Waals surface area (Å²) in [6.45, 7) is 12.8. The lowest BCUT2D eigenvalue weighted by molar-refractivity contribution is -0.137. The van der Waals surface area contributed by atoms with Gasteiger partial charge in [-0.2, -0.15) is 13.2 Å². The minimum atomic E-state index is -4.65. The quantitative estimate of drug-likeness (QED) is 0.420. The molecule has 2 amide bonds. The first kappa shape index (κ1) is 28.0. The maximum absolute atomic E-state index is 14.0. The van der Waals surface area contributed by atoms with E-state index in [2.05, 4.69) is 22.2 Å². The highest BCUT2D eigenvalue weighted by molar-refractivity contribution is 6.18. The molecule has 1 aromatic carbocycles. The monoisotopic (exact) mass is 543 g/mol. The van der Waals surface area contributed by atoms with Crippen LogP contribution in [-0.4, -0.2) is 45.0 Å². The van der Waals surface area contributed by atoms with Gasteiger partial charge in [-0.25, -0.2) is 9.78 Å². The van der Waals surface area contributed by atoms with E-state index >= 15 is 0 Å². The predicted molar refractivity (Wildman–Crippen MR) is 142 cm³/mol. The number of hydrogen-bond acceptors (Lipinski definition) is 5. The maximum atomic E-state index is 14.0. The molecular formula is C28H32F3N5O3. The summed E-state index contributed by atoms with van der Waals surface area (Å²) in [4.78, 5) is 31.7. The van der Waals surface area contributed by atoms with Gasteiger partial charge in [0.15, 0.2) is 0 Å². The molecule has 0 aliphatic carbocycles. The number of aromatic nitrogens is 2. The van der Waals surface area contributed by atoms with Gasteiger partial charge >= 0.3 is 12.3 Å². The number of ether oxygens (including phenoxy) is 1. The number of imidazole rings is 1. The summed E-state index contributed by atoms with van der Waals surface area (Å²) >= 11 is 0. The average Bonchev–Trinajstić information content (AvgIpc) is 3.12. The molecule has 0 radical (unpaired) electrons. The van der Waals surface area contributed by atoms with Crippen LogP contribution in [-0.2, 0) is 27.8 Å². The Morgan fingerprint density at radius 3 is 2.51 bits per heavy atom. The summed E-state index contributed by atoms with van der Waals surface area (Å²) in [6, 6.07) is 7.45. The standard InChI is InChI=1S/C28H32F3N5O3/c1-17(21-15-33-22-9-7-8-11-36(21)22)24(37)34-27(5,6)20-14-19(28(29,30)31)13-18-16-35(12-10-32-23(18)20)25(38)39-26(2,3)4/h7-9,11,13-15,32H,1,10,12,16H2,2-6H3,(H,34,37). The van der Waals surface area contributed by atoms with Crippen LogP contribution in [0.2, 0.25) is 0 Å². The molecule has 39 heavy (non-hydrogen) atoms. The third-order valence-electron chi connectivity index (χ3n) is 6.34. The third kappa shape index (κ3) is 6.02. The second-order valence-electron chi connectivity index (χ2n) is 11.0. The Kier molecular flexibility index (Phi) is 7.14. The fraction of sp³-hybridized carbons (Fsp3) is 0.393. The fourth-order valence-corrected chi connectivity index (χ4v) is 4.47. The molecule has 1 aliphatic rings. The summed E-state index contributed by atoms with van der Waals surface area (Å²) in [5, 5.41) is 6.02. The van der Waals surface area contributed by atoms with Crippen LogP contribution in [0.25, 0.3) is 11.2 Å². The second kappa shape index (κ2) is 9.94. The molecule has 4 rings (SSSR count). The molecule has 2 N–H and O–H groups in total. The number of carbonyl (C=O) groups excluding carboxylic acids is 2. The number of fused-ring (bicyclic) bond motifs is 2. The number of alkyl halides is 3. The molecule has 1 aliphatic heterocycles. The summed E-state index contributed by atoms with van der Waals surface area (Å²) in [7, 11) is 0. The number of anilines is 1. The smallest absolute Gasteiger partial charge is 0.416 e. The van der Waals surface area contributed by atoms with Crippen LogP contribution in [0.5, 0.6) is 0 Å². The number of pyridine rings is 1. The van der Waals surface area contributed by atoms with E-state index in [9.17, 15) is 22.8 Å². The van der Waals surface area contributed by atoms with Crippen LogP contribution in [0.15, 0.2) is 49.3 Å². The number of benzene rings is 1. The summed E-state index contributed by atoms with van der Waals surface area (Å²) in [5.74, 6) is -0.555. The summed E-state index contributed by atoms with van der Waals surface area (Å²) < 4.78 is 49.1. The number of nitrogens with zero attached hydrogens (tertiary/aromatic N) is 3. The summed E-state index contributed by atoms with van der Waals surface area (Å²) in [6.07, 6.45) is -2.00. The topological polar surface area (TPSA) is 88.0 Å². The Labute approximate surface area is 224 Å². The molecule has 0 atom stereocenters. The van der Waals surface area contributed by atoms with E-state index in [4.69, 9.17) is 4.74 Å². The van der Waals surface area contributed by atoms with Gasteiger partial charge in [0.1, 0.15) is 11.2 Å². The zero-order valence-corrected chi connectivity index (χ0v) is 22.6. The van der Waals surface area contributed by atoms with Gasteiger partial charge in [0.2, 0.25) is 0 Å². The number of halogens is 3. The van der Waals surface area contributed by atoms with E-state index in [-0.39, 0.29) is 36.3 Å². The molecule has 3 aromatic rings. The zero-order valence-electron chi connectivity index (χ0n) is 22.6. The van der Waals surface area contributed by atoms with Crippen LogP contribution in [0, 0.1) is 0 Å². The number of hydrogen-bond donors (Lipinski definition) is 2. The number of nitrogens with one attached hydrogen (secondary N) is 2. The molecule has 8 nitrogen and oxygen atoms in total.